The molecule has 0 spiro atoms. The van der Waals surface area contributed by atoms with Gasteiger partial charge in [-0.25, -0.2) is 0 Å². The van der Waals surface area contributed by atoms with E-state index >= 15 is 0 Å². The molecule has 0 unspecified atom stereocenters. The van der Waals surface area contributed by atoms with Crippen molar-refractivity contribution in [3.63, 3.8) is 0 Å². The van der Waals surface area contributed by atoms with Crippen molar-refractivity contribution in [3.05, 3.63) is 53.6 Å². The monoisotopic (exact) mass is 281 g/mol. The molecule has 1 saturated carbocycles. The molecule has 0 aromatic heterocycles. The maximum atomic E-state index is 5.50. The third-order valence-corrected chi connectivity index (χ3v) is 3.94. The lowest BCUT2D eigenvalue weighted by molar-refractivity contribution is 0.340. The van der Waals surface area contributed by atoms with E-state index in [0.717, 1.165) is 18.3 Å². The number of rotatable bonds is 6. The van der Waals surface area contributed by atoms with Crippen LogP contribution in [0, 0.1) is 6.92 Å². The van der Waals surface area contributed by atoms with Crippen molar-refractivity contribution in [1.82, 2.24) is 5.32 Å². The van der Waals surface area contributed by atoms with Crippen molar-refractivity contribution < 1.29 is 4.74 Å². The van der Waals surface area contributed by atoms with Crippen LogP contribution in [0.2, 0.25) is 0 Å². The van der Waals surface area contributed by atoms with Crippen LogP contribution in [-0.2, 0) is 6.54 Å². The molecule has 1 fully saturated rings. The van der Waals surface area contributed by atoms with Gasteiger partial charge in [-0.1, -0.05) is 30.3 Å². The van der Waals surface area contributed by atoms with E-state index in [0.29, 0.717) is 6.61 Å². The molecule has 0 heterocycles. The lowest BCUT2D eigenvalue weighted by Crippen LogP contribution is -2.15. The molecule has 2 aromatic carbocycles. The molecule has 2 nitrogen and oxygen atoms in total. The Morgan fingerprint density at radius 1 is 1.10 bits per heavy atom. The van der Waals surface area contributed by atoms with Gasteiger partial charge < -0.3 is 10.1 Å². The molecular formula is C19H23NO. The Hall–Kier alpha value is -1.80. The number of hydrogen-bond donors (Lipinski definition) is 1. The fraction of sp³-hybridized carbons (Fsp3) is 0.368. The van der Waals surface area contributed by atoms with Crippen LogP contribution < -0.4 is 10.1 Å². The van der Waals surface area contributed by atoms with Gasteiger partial charge >= 0.3 is 0 Å². The first kappa shape index (κ1) is 14.2. The third kappa shape index (κ3) is 3.64. The minimum atomic E-state index is 0.709. The van der Waals surface area contributed by atoms with Gasteiger partial charge in [0.05, 0.1) is 6.61 Å². The minimum absolute atomic E-state index is 0.709. The molecule has 0 radical (unpaired) electrons. The first-order valence-electron chi connectivity index (χ1n) is 7.82. The van der Waals surface area contributed by atoms with Crippen LogP contribution in [0.3, 0.4) is 0 Å². The second-order valence-corrected chi connectivity index (χ2v) is 5.76. The number of benzene rings is 2. The summed E-state index contributed by atoms with van der Waals surface area (Å²) in [5.41, 5.74) is 5.24. The van der Waals surface area contributed by atoms with Crippen LogP contribution in [0.1, 0.15) is 30.9 Å². The van der Waals surface area contributed by atoms with Crippen LogP contribution in [0.5, 0.6) is 5.75 Å². The normalized spacial score (nSPS) is 14.2. The largest absolute Gasteiger partial charge is 0.494 e. The van der Waals surface area contributed by atoms with E-state index in [1.807, 2.05) is 19.1 Å². The highest BCUT2D eigenvalue weighted by Crippen LogP contribution is 2.27. The van der Waals surface area contributed by atoms with Gasteiger partial charge in [0.2, 0.25) is 0 Å². The second-order valence-electron chi connectivity index (χ2n) is 5.76. The van der Waals surface area contributed by atoms with Gasteiger partial charge in [0, 0.05) is 12.6 Å². The zero-order chi connectivity index (χ0) is 14.7. The molecule has 0 atom stereocenters. The highest BCUT2D eigenvalue weighted by Gasteiger charge is 2.19. The zero-order valence-electron chi connectivity index (χ0n) is 12.9. The van der Waals surface area contributed by atoms with E-state index in [1.165, 1.54) is 35.1 Å². The molecule has 0 aliphatic heterocycles. The summed E-state index contributed by atoms with van der Waals surface area (Å²) in [6.45, 7) is 5.88. The van der Waals surface area contributed by atoms with E-state index in [4.69, 9.17) is 4.74 Å². The van der Waals surface area contributed by atoms with Gasteiger partial charge in [-0.3, -0.25) is 0 Å². The first-order valence-corrected chi connectivity index (χ1v) is 7.82. The fourth-order valence-electron chi connectivity index (χ4n) is 2.61. The van der Waals surface area contributed by atoms with E-state index < -0.39 is 0 Å². The Morgan fingerprint density at radius 2 is 1.86 bits per heavy atom. The van der Waals surface area contributed by atoms with Crippen molar-refractivity contribution in [2.75, 3.05) is 6.61 Å². The Labute approximate surface area is 127 Å². The van der Waals surface area contributed by atoms with Gasteiger partial charge in [-0.2, -0.15) is 0 Å². The van der Waals surface area contributed by atoms with E-state index in [2.05, 4.69) is 42.6 Å². The summed E-state index contributed by atoms with van der Waals surface area (Å²) in [4.78, 5) is 0. The van der Waals surface area contributed by atoms with Crippen molar-refractivity contribution in [2.45, 2.75) is 39.3 Å². The van der Waals surface area contributed by atoms with Crippen molar-refractivity contribution in [3.8, 4) is 16.9 Å². The van der Waals surface area contributed by atoms with Gasteiger partial charge in [0.15, 0.2) is 0 Å². The highest BCUT2D eigenvalue weighted by atomic mass is 16.5. The van der Waals surface area contributed by atoms with Crippen molar-refractivity contribution in [1.29, 1.82) is 0 Å². The van der Waals surface area contributed by atoms with Gasteiger partial charge in [0.25, 0.3) is 0 Å². The maximum Gasteiger partial charge on any atom is 0.119 e. The Morgan fingerprint density at radius 3 is 2.48 bits per heavy atom. The lowest BCUT2D eigenvalue weighted by atomic mass is 9.98. The Bertz CT molecular complexity index is 599. The molecule has 0 bridgehead atoms. The minimum Gasteiger partial charge on any atom is -0.494 e. The highest BCUT2D eigenvalue weighted by molar-refractivity contribution is 5.68. The predicted molar refractivity (Wildman–Crippen MR) is 87.6 cm³/mol. The van der Waals surface area contributed by atoms with Gasteiger partial charge in [-0.15, -0.1) is 0 Å². The standard InChI is InChI=1S/C19H23NO/c1-3-21-18-9-5-16(6-10-18)19-11-4-15(12-14(19)2)13-20-17-7-8-17/h4-6,9-12,17,20H,3,7-8,13H2,1-2H3. The number of nitrogens with one attached hydrogen (secondary N) is 1. The quantitative estimate of drug-likeness (QED) is 0.851. The Balaban J connectivity index is 1.74. The van der Waals surface area contributed by atoms with Gasteiger partial charge in [0.1, 0.15) is 5.75 Å². The predicted octanol–water partition coefficient (Wildman–Crippen LogP) is 4.31. The molecule has 21 heavy (non-hydrogen) atoms. The SMILES string of the molecule is CCOc1ccc(-c2ccc(CNC3CC3)cc2C)cc1. The summed E-state index contributed by atoms with van der Waals surface area (Å²) >= 11 is 0. The summed E-state index contributed by atoms with van der Waals surface area (Å²) in [5, 5.41) is 3.56. The molecule has 2 heteroatoms. The average Bonchev–Trinajstić information content (AvgIpc) is 3.31. The topological polar surface area (TPSA) is 21.3 Å². The van der Waals surface area contributed by atoms with Gasteiger partial charge in [-0.05, 0) is 61.1 Å². The van der Waals surface area contributed by atoms with E-state index in [9.17, 15) is 0 Å². The smallest absolute Gasteiger partial charge is 0.119 e. The average molecular weight is 281 g/mol. The van der Waals surface area contributed by atoms with E-state index in [-0.39, 0.29) is 0 Å². The van der Waals surface area contributed by atoms with Crippen LogP contribution in [0.15, 0.2) is 42.5 Å². The molecular weight excluding hydrogens is 258 g/mol. The molecule has 110 valence electrons. The second kappa shape index (κ2) is 6.31. The molecule has 1 aliphatic rings. The summed E-state index contributed by atoms with van der Waals surface area (Å²) < 4.78 is 5.50. The van der Waals surface area contributed by atoms with Crippen LogP contribution >= 0.6 is 0 Å². The van der Waals surface area contributed by atoms with Crippen LogP contribution in [-0.4, -0.2) is 12.6 Å². The lowest BCUT2D eigenvalue weighted by Gasteiger charge is -2.10. The summed E-state index contributed by atoms with van der Waals surface area (Å²) in [6, 6.07) is 15.9. The van der Waals surface area contributed by atoms with Crippen molar-refractivity contribution >= 4 is 0 Å². The van der Waals surface area contributed by atoms with Crippen LogP contribution in [0.25, 0.3) is 11.1 Å². The Kier molecular flexibility index (Phi) is 4.26. The van der Waals surface area contributed by atoms with Crippen LogP contribution in [0.4, 0.5) is 0 Å². The number of ether oxygens (including phenoxy) is 1. The fourth-order valence-corrected chi connectivity index (χ4v) is 2.61. The molecule has 1 aliphatic carbocycles. The summed E-state index contributed by atoms with van der Waals surface area (Å²) in [6.07, 6.45) is 2.67. The van der Waals surface area contributed by atoms with E-state index in [1.54, 1.807) is 0 Å². The molecule has 3 rings (SSSR count). The molecule has 0 saturated heterocycles. The summed E-state index contributed by atoms with van der Waals surface area (Å²) in [7, 11) is 0. The number of hydrogen-bond acceptors (Lipinski definition) is 2. The molecule has 0 amide bonds. The maximum absolute atomic E-state index is 5.50. The summed E-state index contributed by atoms with van der Waals surface area (Å²) in [5.74, 6) is 0.934. The van der Waals surface area contributed by atoms with Crippen molar-refractivity contribution in [2.24, 2.45) is 0 Å². The number of aryl methyl sites for hydroxylation is 1. The first-order chi connectivity index (χ1) is 10.3. The molecule has 2 aromatic rings. The third-order valence-electron chi connectivity index (χ3n) is 3.94. The zero-order valence-corrected chi connectivity index (χ0v) is 12.9. The molecule has 1 N–H and O–H groups in total.